The van der Waals surface area contributed by atoms with Crippen LogP contribution in [0.25, 0.3) is 0 Å². The van der Waals surface area contributed by atoms with Crippen LogP contribution in [-0.4, -0.2) is 48.3 Å². The number of carbonyl (C=O) groups is 3. The fraction of sp³-hybridized carbons (Fsp3) is 0.526. The fourth-order valence-electron chi connectivity index (χ4n) is 3.50. The van der Waals surface area contributed by atoms with E-state index in [9.17, 15) is 14.4 Å². The minimum atomic E-state index is -0.434. The van der Waals surface area contributed by atoms with Crippen LogP contribution < -0.4 is 10.6 Å². The fourth-order valence-corrected chi connectivity index (χ4v) is 3.50. The summed E-state index contributed by atoms with van der Waals surface area (Å²) in [6.45, 7) is 1.81. The molecule has 2 fully saturated rings. The van der Waals surface area contributed by atoms with Crippen molar-refractivity contribution in [2.24, 2.45) is 5.92 Å². The average Bonchev–Trinajstić information content (AvgIpc) is 2.64. The highest BCUT2D eigenvalue weighted by molar-refractivity contribution is 5.89. The molecule has 0 aliphatic carbocycles. The molecule has 2 aliphatic rings. The van der Waals surface area contributed by atoms with Crippen LogP contribution in [0.3, 0.4) is 0 Å². The summed E-state index contributed by atoms with van der Waals surface area (Å²) >= 11 is 0. The lowest BCUT2D eigenvalue weighted by Gasteiger charge is -2.33. The maximum atomic E-state index is 12.5. The minimum absolute atomic E-state index is 0.0547. The van der Waals surface area contributed by atoms with Crippen LogP contribution in [0.2, 0.25) is 0 Å². The molecule has 2 saturated heterocycles. The third-order valence-electron chi connectivity index (χ3n) is 4.94. The van der Waals surface area contributed by atoms with Gasteiger partial charge in [-0.3, -0.25) is 14.4 Å². The summed E-state index contributed by atoms with van der Waals surface area (Å²) in [6, 6.07) is 9.21. The molecule has 134 valence electrons. The molecule has 6 heteroatoms. The van der Waals surface area contributed by atoms with Crippen LogP contribution in [0.15, 0.2) is 30.3 Å². The molecular formula is C19H25N3O3. The van der Waals surface area contributed by atoms with Gasteiger partial charge >= 0.3 is 0 Å². The summed E-state index contributed by atoms with van der Waals surface area (Å²) < 4.78 is 0. The predicted molar refractivity (Wildman–Crippen MR) is 93.6 cm³/mol. The van der Waals surface area contributed by atoms with Crippen molar-refractivity contribution in [1.29, 1.82) is 0 Å². The van der Waals surface area contributed by atoms with E-state index >= 15 is 0 Å². The molecule has 1 aromatic carbocycles. The summed E-state index contributed by atoms with van der Waals surface area (Å²) in [6.07, 6.45) is 3.50. The zero-order valence-electron chi connectivity index (χ0n) is 14.4. The molecule has 0 bridgehead atoms. The van der Waals surface area contributed by atoms with Crippen molar-refractivity contribution in [2.75, 3.05) is 19.6 Å². The smallest absolute Gasteiger partial charge is 0.242 e. The molecule has 2 unspecified atom stereocenters. The topological polar surface area (TPSA) is 78.5 Å². The van der Waals surface area contributed by atoms with Gasteiger partial charge in [0.05, 0.1) is 12.3 Å². The van der Waals surface area contributed by atoms with Gasteiger partial charge in [-0.15, -0.1) is 0 Å². The molecule has 3 amide bonds. The Morgan fingerprint density at radius 3 is 2.72 bits per heavy atom. The number of likely N-dealkylation sites (tertiary alicyclic amines) is 1. The first-order valence-electron chi connectivity index (χ1n) is 9.03. The first kappa shape index (κ1) is 17.5. The second-order valence-corrected chi connectivity index (χ2v) is 6.84. The highest BCUT2D eigenvalue weighted by atomic mass is 16.2. The van der Waals surface area contributed by atoms with Gasteiger partial charge in [-0.1, -0.05) is 30.3 Å². The maximum Gasteiger partial charge on any atom is 0.242 e. The van der Waals surface area contributed by atoms with Crippen molar-refractivity contribution in [1.82, 2.24) is 15.5 Å². The van der Waals surface area contributed by atoms with E-state index in [2.05, 4.69) is 10.6 Å². The van der Waals surface area contributed by atoms with Gasteiger partial charge in [0, 0.05) is 19.6 Å². The number of benzene rings is 1. The molecule has 2 aliphatic heterocycles. The Hall–Kier alpha value is -2.37. The first-order chi connectivity index (χ1) is 12.1. The lowest BCUT2D eigenvalue weighted by Crippen LogP contribution is -2.53. The summed E-state index contributed by atoms with van der Waals surface area (Å²) in [5, 5.41) is 5.64. The van der Waals surface area contributed by atoms with E-state index in [1.54, 1.807) is 4.90 Å². The highest BCUT2D eigenvalue weighted by Gasteiger charge is 2.31. The standard InChI is InChI=1S/C19H25N3O3/c23-17(12-14-6-2-1-3-7-14)22-11-5-8-15(13-22)18(24)21-16-9-4-10-20-19(16)25/h1-3,6-7,15-16H,4-5,8-13H2,(H,20,25)(H,21,24). The Labute approximate surface area is 148 Å². The number of nitrogens with one attached hydrogen (secondary N) is 2. The third kappa shape index (κ3) is 4.59. The number of carbonyl (C=O) groups excluding carboxylic acids is 3. The number of rotatable bonds is 4. The molecule has 0 radical (unpaired) electrons. The van der Waals surface area contributed by atoms with E-state index in [0.717, 1.165) is 24.8 Å². The van der Waals surface area contributed by atoms with Crippen molar-refractivity contribution in [2.45, 2.75) is 38.1 Å². The van der Waals surface area contributed by atoms with Crippen molar-refractivity contribution < 1.29 is 14.4 Å². The van der Waals surface area contributed by atoms with Crippen LogP contribution in [0, 0.1) is 5.92 Å². The Balaban J connectivity index is 1.54. The molecule has 0 spiro atoms. The number of hydrogen-bond acceptors (Lipinski definition) is 3. The zero-order chi connectivity index (χ0) is 17.6. The van der Waals surface area contributed by atoms with Crippen LogP contribution in [0.4, 0.5) is 0 Å². The second kappa shape index (κ2) is 8.14. The molecule has 0 aromatic heterocycles. The van der Waals surface area contributed by atoms with E-state index in [1.807, 2.05) is 30.3 Å². The molecule has 2 heterocycles. The minimum Gasteiger partial charge on any atom is -0.354 e. The van der Waals surface area contributed by atoms with Crippen molar-refractivity contribution in [3.05, 3.63) is 35.9 Å². The zero-order valence-corrected chi connectivity index (χ0v) is 14.4. The first-order valence-corrected chi connectivity index (χ1v) is 9.03. The molecule has 3 rings (SSSR count). The van der Waals surface area contributed by atoms with E-state index in [-0.39, 0.29) is 23.6 Å². The monoisotopic (exact) mass is 343 g/mol. The van der Waals surface area contributed by atoms with Crippen molar-refractivity contribution >= 4 is 17.7 Å². The van der Waals surface area contributed by atoms with Crippen LogP contribution in [0.1, 0.15) is 31.2 Å². The molecule has 6 nitrogen and oxygen atoms in total. The quantitative estimate of drug-likeness (QED) is 0.851. The SMILES string of the molecule is O=C(NC1CCCNC1=O)C1CCCN(C(=O)Cc2ccccc2)C1. The van der Waals surface area contributed by atoms with Gasteiger partial charge in [0.1, 0.15) is 6.04 Å². The second-order valence-electron chi connectivity index (χ2n) is 6.84. The van der Waals surface area contributed by atoms with Gasteiger partial charge in [0.15, 0.2) is 0 Å². The Morgan fingerprint density at radius 2 is 1.96 bits per heavy atom. The average molecular weight is 343 g/mol. The van der Waals surface area contributed by atoms with Gasteiger partial charge in [-0.2, -0.15) is 0 Å². The molecule has 25 heavy (non-hydrogen) atoms. The summed E-state index contributed by atoms with van der Waals surface area (Å²) in [5.74, 6) is -0.394. The van der Waals surface area contributed by atoms with Gasteiger partial charge in [-0.05, 0) is 31.2 Å². The van der Waals surface area contributed by atoms with Crippen LogP contribution in [-0.2, 0) is 20.8 Å². The normalized spacial score (nSPS) is 23.7. The number of amides is 3. The van der Waals surface area contributed by atoms with Gasteiger partial charge in [-0.25, -0.2) is 0 Å². The Bertz CT molecular complexity index is 632. The molecule has 0 saturated carbocycles. The summed E-state index contributed by atoms with van der Waals surface area (Å²) in [5.41, 5.74) is 0.984. The highest BCUT2D eigenvalue weighted by Crippen LogP contribution is 2.18. The van der Waals surface area contributed by atoms with Crippen LogP contribution >= 0.6 is 0 Å². The Kier molecular flexibility index (Phi) is 5.68. The third-order valence-corrected chi connectivity index (χ3v) is 4.94. The summed E-state index contributed by atoms with van der Waals surface area (Å²) in [7, 11) is 0. The lowest BCUT2D eigenvalue weighted by atomic mass is 9.95. The van der Waals surface area contributed by atoms with E-state index in [0.29, 0.717) is 32.5 Å². The number of nitrogens with zero attached hydrogens (tertiary/aromatic N) is 1. The molecule has 2 N–H and O–H groups in total. The van der Waals surface area contributed by atoms with E-state index in [1.165, 1.54) is 0 Å². The molecule has 2 atom stereocenters. The Morgan fingerprint density at radius 1 is 1.16 bits per heavy atom. The molecular weight excluding hydrogens is 318 g/mol. The maximum absolute atomic E-state index is 12.5. The number of hydrogen-bond donors (Lipinski definition) is 2. The van der Waals surface area contributed by atoms with Crippen LogP contribution in [0.5, 0.6) is 0 Å². The number of piperidine rings is 2. The predicted octanol–water partition coefficient (Wildman–Crippen LogP) is 0.863. The largest absolute Gasteiger partial charge is 0.354 e. The molecule has 1 aromatic rings. The van der Waals surface area contributed by atoms with E-state index < -0.39 is 6.04 Å². The van der Waals surface area contributed by atoms with Gasteiger partial charge in [0.25, 0.3) is 0 Å². The summed E-state index contributed by atoms with van der Waals surface area (Å²) in [4.78, 5) is 38.6. The van der Waals surface area contributed by atoms with Gasteiger partial charge < -0.3 is 15.5 Å². The van der Waals surface area contributed by atoms with E-state index in [4.69, 9.17) is 0 Å². The van der Waals surface area contributed by atoms with Gasteiger partial charge in [0.2, 0.25) is 17.7 Å². The van der Waals surface area contributed by atoms with Crippen molar-refractivity contribution in [3.8, 4) is 0 Å². The van der Waals surface area contributed by atoms with Crippen molar-refractivity contribution in [3.63, 3.8) is 0 Å². The lowest BCUT2D eigenvalue weighted by molar-refractivity contribution is -0.137.